The van der Waals surface area contributed by atoms with Crippen LogP contribution in [-0.2, 0) is 10.2 Å². The third kappa shape index (κ3) is 4.01. The summed E-state index contributed by atoms with van der Waals surface area (Å²) in [5.41, 5.74) is 0.933. The average molecular weight is 288 g/mol. The number of hydrogen-bond donors (Lipinski definition) is 2. The SMILES string of the molecule is CN(CC(=O)Nc1cc(C(C)(C)C)[nH]n1)c1ncccn1. The van der Waals surface area contributed by atoms with Crippen molar-refractivity contribution in [2.75, 3.05) is 23.8 Å². The molecule has 0 aliphatic rings. The van der Waals surface area contributed by atoms with Crippen molar-refractivity contribution in [1.82, 2.24) is 20.2 Å². The lowest BCUT2D eigenvalue weighted by molar-refractivity contribution is -0.115. The summed E-state index contributed by atoms with van der Waals surface area (Å²) >= 11 is 0. The Morgan fingerprint density at radius 3 is 2.57 bits per heavy atom. The monoisotopic (exact) mass is 288 g/mol. The molecule has 0 atom stereocenters. The third-order valence-electron chi connectivity index (χ3n) is 2.93. The maximum absolute atomic E-state index is 12.0. The maximum Gasteiger partial charge on any atom is 0.245 e. The first-order valence-electron chi connectivity index (χ1n) is 6.70. The largest absolute Gasteiger partial charge is 0.335 e. The summed E-state index contributed by atoms with van der Waals surface area (Å²) < 4.78 is 0. The van der Waals surface area contributed by atoms with Crippen molar-refractivity contribution in [1.29, 1.82) is 0 Å². The van der Waals surface area contributed by atoms with Crippen LogP contribution in [0.3, 0.4) is 0 Å². The van der Waals surface area contributed by atoms with E-state index >= 15 is 0 Å². The summed E-state index contributed by atoms with van der Waals surface area (Å²) in [5, 5.41) is 9.79. The second kappa shape index (κ2) is 5.90. The van der Waals surface area contributed by atoms with Crippen LogP contribution in [-0.4, -0.2) is 39.7 Å². The molecular formula is C14H20N6O. The number of aromatic nitrogens is 4. The van der Waals surface area contributed by atoms with E-state index in [0.29, 0.717) is 11.8 Å². The molecule has 2 rings (SSSR count). The Morgan fingerprint density at radius 2 is 2.00 bits per heavy atom. The molecule has 0 radical (unpaired) electrons. The smallest absolute Gasteiger partial charge is 0.245 e. The van der Waals surface area contributed by atoms with E-state index in [-0.39, 0.29) is 17.9 Å². The van der Waals surface area contributed by atoms with Crippen LogP contribution in [0, 0.1) is 0 Å². The predicted molar refractivity (Wildman–Crippen MR) is 81.2 cm³/mol. The molecule has 7 nitrogen and oxygen atoms in total. The number of H-pyrrole nitrogens is 1. The minimum atomic E-state index is -0.170. The van der Waals surface area contributed by atoms with Crippen molar-refractivity contribution < 1.29 is 4.79 Å². The van der Waals surface area contributed by atoms with Crippen molar-refractivity contribution in [2.45, 2.75) is 26.2 Å². The highest BCUT2D eigenvalue weighted by Gasteiger charge is 2.17. The highest BCUT2D eigenvalue weighted by atomic mass is 16.2. The number of carbonyl (C=O) groups excluding carboxylic acids is 1. The Kier molecular flexibility index (Phi) is 4.21. The van der Waals surface area contributed by atoms with Crippen LogP contribution >= 0.6 is 0 Å². The van der Waals surface area contributed by atoms with Crippen molar-refractivity contribution in [2.24, 2.45) is 0 Å². The topological polar surface area (TPSA) is 86.8 Å². The van der Waals surface area contributed by atoms with E-state index in [2.05, 4.69) is 46.3 Å². The average Bonchev–Trinajstić information content (AvgIpc) is 2.88. The molecule has 0 bridgehead atoms. The first-order chi connectivity index (χ1) is 9.86. The van der Waals surface area contributed by atoms with Gasteiger partial charge in [0.15, 0.2) is 5.82 Å². The lowest BCUT2D eigenvalue weighted by Crippen LogP contribution is -2.31. The van der Waals surface area contributed by atoms with Gasteiger partial charge in [-0.3, -0.25) is 9.89 Å². The van der Waals surface area contributed by atoms with Crippen molar-refractivity contribution in [3.63, 3.8) is 0 Å². The number of carbonyl (C=O) groups is 1. The summed E-state index contributed by atoms with van der Waals surface area (Å²) in [7, 11) is 1.76. The number of likely N-dealkylation sites (N-methyl/N-ethyl adjacent to an activating group) is 1. The van der Waals surface area contributed by atoms with Gasteiger partial charge in [-0.15, -0.1) is 0 Å². The quantitative estimate of drug-likeness (QED) is 0.891. The zero-order valence-electron chi connectivity index (χ0n) is 12.7. The molecule has 7 heteroatoms. The lowest BCUT2D eigenvalue weighted by Gasteiger charge is -2.15. The molecule has 0 unspecified atom stereocenters. The molecule has 2 N–H and O–H groups in total. The van der Waals surface area contributed by atoms with Gasteiger partial charge in [0, 0.05) is 36.6 Å². The first kappa shape index (κ1) is 15.0. The van der Waals surface area contributed by atoms with Gasteiger partial charge in [-0.2, -0.15) is 5.10 Å². The molecule has 1 amide bonds. The van der Waals surface area contributed by atoms with Gasteiger partial charge in [0.25, 0.3) is 0 Å². The minimum Gasteiger partial charge on any atom is -0.335 e. The number of nitrogens with zero attached hydrogens (tertiary/aromatic N) is 4. The second-order valence-corrected chi connectivity index (χ2v) is 5.87. The Balaban J connectivity index is 1.94. The fraction of sp³-hybridized carbons (Fsp3) is 0.429. The number of aromatic amines is 1. The minimum absolute atomic E-state index is 0.0371. The summed E-state index contributed by atoms with van der Waals surface area (Å²) in [6.07, 6.45) is 3.28. The molecule has 0 aliphatic carbocycles. The maximum atomic E-state index is 12.0. The molecule has 0 aromatic carbocycles. The second-order valence-electron chi connectivity index (χ2n) is 5.87. The number of amides is 1. The molecule has 0 fully saturated rings. The number of nitrogens with one attached hydrogen (secondary N) is 2. The van der Waals surface area contributed by atoms with E-state index in [0.717, 1.165) is 5.69 Å². The van der Waals surface area contributed by atoms with Gasteiger partial charge in [-0.25, -0.2) is 9.97 Å². The zero-order valence-corrected chi connectivity index (χ0v) is 12.7. The Morgan fingerprint density at radius 1 is 1.33 bits per heavy atom. The van der Waals surface area contributed by atoms with E-state index in [1.165, 1.54) is 0 Å². The van der Waals surface area contributed by atoms with Crippen molar-refractivity contribution in [3.05, 3.63) is 30.2 Å². The van der Waals surface area contributed by atoms with Gasteiger partial charge in [0.05, 0.1) is 6.54 Å². The molecule has 0 aliphatic heterocycles. The predicted octanol–water partition coefficient (Wildman–Crippen LogP) is 1.57. The van der Waals surface area contributed by atoms with Gasteiger partial charge < -0.3 is 10.2 Å². The van der Waals surface area contributed by atoms with Crippen molar-refractivity contribution in [3.8, 4) is 0 Å². The molecule has 2 heterocycles. The van der Waals surface area contributed by atoms with Gasteiger partial charge in [-0.05, 0) is 6.07 Å². The van der Waals surface area contributed by atoms with Gasteiger partial charge in [0.2, 0.25) is 11.9 Å². The highest BCUT2D eigenvalue weighted by Crippen LogP contribution is 2.21. The Hall–Kier alpha value is -2.44. The Bertz CT molecular complexity index is 601. The third-order valence-corrected chi connectivity index (χ3v) is 2.93. The first-order valence-corrected chi connectivity index (χ1v) is 6.70. The molecule has 0 spiro atoms. The standard InChI is InChI=1S/C14H20N6O/c1-14(2,3)10-8-11(19-18-10)17-12(21)9-20(4)13-15-6-5-7-16-13/h5-8H,9H2,1-4H3,(H2,17,18,19,21). The fourth-order valence-corrected chi connectivity index (χ4v) is 1.73. The van der Waals surface area contributed by atoms with Gasteiger partial charge in [-0.1, -0.05) is 20.8 Å². The summed E-state index contributed by atoms with van der Waals surface area (Å²) in [6, 6.07) is 3.58. The van der Waals surface area contributed by atoms with E-state index in [1.54, 1.807) is 30.4 Å². The molecule has 2 aromatic rings. The fourth-order valence-electron chi connectivity index (χ4n) is 1.73. The molecule has 0 saturated carbocycles. The van der Waals surface area contributed by atoms with Crippen molar-refractivity contribution >= 4 is 17.7 Å². The van der Waals surface area contributed by atoms with Crippen LogP contribution < -0.4 is 10.2 Å². The molecule has 0 saturated heterocycles. The van der Waals surface area contributed by atoms with E-state index in [1.807, 2.05) is 6.07 Å². The van der Waals surface area contributed by atoms with Gasteiger partial charge >= 0.3 is 0 Å². The normalized spacial score (nSPS) is 11.2. The summed E-state index contributed by atoms with van der Waals surface area (Å²) in [5.74, 6) is 0.856. The zero-order chi connectivity index (χ0) is 15.5. The van der Waals surface area contributed by atoms with E-state index in [4.69, 9.17) is 0 Å². The number of hydrogen-bond acceptors (Lipinski definition) is 5. The Labute approximate surface area is 123 Å². The lowest BCUT2D eigenvalue weighted by atomic mass is 9.92. The summed E-state index contributed by atoms with van der Waals surface area (Å²) in [6.45, 7) is 6.38. The van der Waals surface area contributed by atoms with E-state index < -0.39 is 0 Å². The molecular weight excluding hydrogens is 268 g/mol. The van der Waals surface area contributed by atoms with Crippen LogP contribution in [0.4, 0.5) is 11.8 Å². The van der Waals surface area contributed by atoms with Crippen LogP contribution in [0.5, 0.6) is 0 Å². The molecule has 21 heavy (non-hydrogen) atoms. The van der Waals surface area contributed by atoms with Crippen LogP contribution in [0.15, 0.2) is 24.5 Å². The van der Waals surface area contributed by atoms with Gasteiger partial charge in [0.1, 0.15) is 0 Å². The van der Waals surface area contributed by atoms with Crippen LogP contribution in [0.25, 0.3) is 0 Å². The van der Waals surface area contributed by atoms with Crippen LogP contribution in [0.1, 0.15) is 26.5 Å². The number of rotatable bonds is 4. The molecule has 2 aromatic heterocycles. The highest BCUT2D eigenvalue weighted by molar-refractivity contribution is 5.93. The van der Waals surface area contributed by atoms with Crippen LogP contribution in [0.2, 0.25) is 0 Å². The molecule has 112 valence electrons. The summed E-state index contributed by atoms with van der Waals surface area (Å²) in [4.78, 5) is 21.8. The number of anilines is 2. The van der Waals surface area contributed by atoms with E-state index in [9.17, 15) is 4.79 Å².